The Hall–Kier alpha value is -3.28. The molecule has 0 amide bonds. The van der Waals surface area contributed by atoms with Crippen molar-refractivity contribution in [3.8, 4) is 5.75 Å². The number of para-hydroxylation sites is 2. The van der Waals surface area contributed by atoms with Crippen molar-refractivity contribution >= 4 is 23.0 Å². The zero-order chi connectivity index (χ0) is 16.8. The van der Waals surface area contributed by atoms with Gasteiger partial charge in [-0.1, -0.05) is 42.5 Å². The summed E-state index contributed by atoms with van der Waals surface area (Å²) < 4.78 is 5.33. The van der Waals surface area contributed by atoms with Crippen LogP contribution in [-0.2, 0) is 6.54 Å². The molecule has 122 valence electrons. The maximum Gasteiger partial charge on any atom is 0.159 e. The summed E-state index contributed by atoms with van der Waals surface area (Å²) in [6, 6.07) is 17.6. The number of benzene rings is 2. The highest BCUT2D eigenvalue weighted by Crippen LogP contribution is 2.30. The second-order valence-corrected chi connectivity index (χ2v) is 5.15. The van der Waals surface area contributed by atoms with Crippen LogP contribution in [0.25, 0.3) is 0 Å². The Labute approximate surface area is 140 Å². The lowest BCUT2D eigenvalue weighted by molar-refractivity contribution is 0.417. The lowest BCUT2D eigenvalue weighted by Crippen LogP contribution is -2.08. The number of ether oxygens (including phenoxy) is 1. The van der Waals surface area contributed by atoms with Crippen LogP contribution in [0.1, 0.15) is 5.56 Å². The van der Waals surface area contributed by atoms with E-state index in [1.807, 2.05) is 54.6 Å². The quantitative estimate of drug-likeness (QED) is 0.645. The fourth-order valence-electron chi connectivity index (χ4n) is 2.29. The maximum atomic E-state index is 6.20. The zero-order valence-electron chi connectivity index (χ0n) is 13.4. The largest absolute Gasteiger partial charge is 0.495 e. The van der Waals surface area contributed by atoms with Crippen LogP contribution in [0, 0.1) is 0 Å². The van der Waals surface area contributed by atoms with Crippen LogP contribution in [0.2, 0.25) is 0 Å². The third-order valence-electron chi connectivity index (χ3n) is 3.55. The van der Waals surface area contributed by atoms with E-state index in [2.05, 4.69) is 20.6 Å². The van der Waals surface area contributed by atoms with Crippen molar-refractivity contribution in [1.29, 1.82) is 0 Å². The van der Waals surface area contributed by atoms with Gasteiger partial charge in [-0.25, -0.2) is 9.97 Å². The molecule has 0 unspecified atom stereocenters. The second-order valence-electron chi connectivity index (χ2n) is 5.15. The average Bonchev–Trinajstić information content (AvgIpc) is 2.64. The monoisotopic (exact) mass is 321 g/mol. The lowest BCUT2D eigenvalue weighted by Gasteiger charge is -2.14. The Morgan fingerprint density at radius 2 is 1.67 bits per heavy atom. The molecule has 0 saturated carbocycles. The minimum atomic E-state index is 0.458. The van der Waals surface area contributed by atoms with E-state index in [9.17, 15) is 0 Å². The van der Waals surface area contributed by atoms with Gasteiger partial charge in [0, 0.05) is 6.54 Å². The third kappa shape index (κ3) is 3.55. The van der Waals surface area contributed by atoms with Gasteiger partial charge in [0.05, 0.1) is 12.8 Å². The number of hydrogen-bond acceptors (Lipinski definition) is 6. The van der Waals surface area contributed by atoms with E-state index in [0.29, 0.717) is 29.6 Å². The minimum Gasteiger partial charge on any atom is -0.495 e. The van der Waals surface area contributed by atoms with Crippen molar-refractivity contribution in [1.82, 2.24) is 9.97 Å². The first-order valence-corrected chi connectivity index (χ1v) is 7.56. The van der Waals surface area contributed by atoms with Crippen molar-refractivity contribution in [2.75, 3.05) is 23.5 Å². The van der Waals surface area contributed by atoms with Gasteiger partial charge in [-0.2, -0.15) is 0 Å². The summed E-state index contributed by atoms with van der Waals surface area (Å²) in [4.78, 5) is 8.44. The van der Waals surface area contributed by atoms with E-state index in [-0.39, 0.29) is 0 Å². The topological polar surface area (TPSA) is 85.1 Å². The van der Waals surface area contributed by atoms with Crippen LogP contribution in [0.3, 0.4) is 0 Å². The molecule has 0 bridgehead atoms. The highest BCUT2D eigenvalue weighted by atomic mass is 16.5. The molecule has 2 aromatic carbocycles. The SMILES string of the molecule is COc1ccccc1Nc1ncnc(NCc2ccccc2)c1N. The highest BCUT2D eigenvalue weighted by molar-refractivity contribution is 5.79. The standard InChI is InChI=1S/C18H19N5O/c1-24-15-10-6-5-9-14(15)23-18-16(19)17(21-12-22-18)20-11-13-7-3-2-4-8-13/h2-10,12H,11,19H2,1H3,(H2,20,21,22,23). The van der Waals surface area contributed by atoms with Gasteiger partial charge in [-0.05, 0) is 17.7 Å². The molecule has 4 N–H and O–H groups in total. The van der Waals surface area contributed by atoms with Crippen LogP contribution >= 0.6 is 0 Å². The van der Waals surface area contributed by atoms with E-state index in [4.69, 9.17) is 10.5 Å². The van der Waals surface area contributed by atoms with Gasteiger partial charge in [-0.15, -0.1) is 0 Å². The van der Waals surface area contributed by atoms with Crippen molar-refractivity contribution in [3.63, 3.8) is 0 Å². The molecule has 0 aliphatic heterocycles. The van der Waals surface area contributed by atoms with Gasteiger partial charge < -0.3 is 21.1 Å². The summed E-state index contributed by atoms with van der Waals surface area (Å²) in [5.74, 6) is 1.84. The molecule has 6 heteroatoms. The molecule has 0 radical (unpaired) electrons. The normalized spacial score (nSPS) is 10.2. The maximum absolute atomic E-state index is 6.20. The fourth-order valence-corrected chi connectivity index (χ4v) is 2.29. The van der Waals surface area contributed by atoms with Crippen LogP contribution in [0.4, 0.5) is 23.0 Å². The smallest absolute Gasteiger partial charge is 0.159 e. The number of nitrogens with one attached hydrogen (secondary N) is 2. The Morgan fingerprint density at radius 1 is 0.958 bits per heavy atom. The van der Waals surface area contributed by atoms with E-state index in [1.54, 1.807) is 7.11 Å². The summed E-state index contributed by atoms with van der Waals surface area (Å²) in [5.41, 5.74) is 8.59. The second kappa shape index (κ2) is 7.32. The molecule has 1 aromatic heterocycles. The summed E-state index contributed by atoms with van der Waals surface area (Å²) in [6.45, 7) is 0.635. The van der Waals surface area contributed by atoms with Crippen molar-refractivity contribution < 1.29 is 4.74 Å². The van der Waals surface area contributed by atoms with E-state index in [1.165, 1.54) is 6.33 Å². The Morgan fingerprint density at radius 3 is 2.46 bits per heavy atom. The number of nitrogen functional groups attached to an aromatic ring is 1. The number of anilines is 4. The molecule has 0 atom stereocenters. The molecule has 24 heavy (non-hydrogen) atoms. The number of methoxy groups -OCH3 is 1. The van der Waals surface area contributed by atoms with E-state index < -0.39 is 0 Å². The summed E-state index contributed by atoms with van der Waals surface area (Å²) in [7, 11) is 1.62. The number of nitrogens with zero attached hydrogens (tertiary/aromatic N) is 2. The molecule has 3 rings (SSSR count). The van der Waals surface area contributed by atoms with Gasteiger partial charge in [0.1, 0.15) is 17.8 Å². The molecular formula is C18H19N5O. The predicted octanol–water partition coefficient (Wildman–Crippen LogP) is 3.42. The van der Waals surface area contributed by atoms with Crippen LogP contribution in [0.5, 0.6) is 5.75 Å². The minimum absolute atomic E-state index is 0.458. The van der Waals surface area contributed by atoms with E-state index in [0.717, 1.165) is 11.3 Å². The molecule has 6 nitrogen and oxygen atoms in total. The van der Waals surface area contributed by atoms with Gasteiger partial charge in [0.25, 0.3) is 0 Å². The summed E-state index contributed by atoms with van der Waals surface area (Å²) in [6.07, 6.45) is 1.47. The van der Waals surface area contributed by atoms with Crippen molar-refractivity contribution in [2.45, 2.75) is 6.54 Å². The Kier molecular flexibility index (Phi) is 4.76. The number of nitrogens with two attached hydrogens (primary N) is 1. The van der Waals surface area contributed by atoms with Crippen LogP contribution < -0.4 is 21.1 Å². The molecule has 1 heterocycles. The highest BCUT2D eigenvalue weighted by Gasteiger charge is 2.10. The molecule has 0 aliphatic carbocycles. The van der Waals surface area contributed by atoms with Crippen LogP contribution in [0.15, 0.2) is 60.9 Å². The lowest BCUT2D eigenvalue weighted by atomic mass is 10.2. The molecule has 3 aromatic rings. The number of rotatable bonds is 6. The number of aromatic nitrogens is 2. The Balaban J connectivity index is 1.78. The third-order valence-corrected chi connectivity index (χ3v) is 3.55. The average molecular weight is 321 g/mol. The molecule has 0 saturated heterocycles. The van der Waals surface area contributed by atoms with E-state index >= 15 is 0 Å². The molecule has 0 spiro atoms. The fraction of sp³-hybridized carbons (Fsp3) is 0.111. The summed E-state index contributed by atoms with van der Waals surface area (Å²) >= 11 is 0. The van der Waals surface area contributed by atoms with Crippen molar-refractivity contribution in [3.05, 3.63) is 66.5 Å². The van der Waals surface area contributed by atoms with Gasteiger partial charge >= 0.3 is 0 Å². The van der Waals surface area contributed by atoms with Gasteiger partial charge in [0.2, 0.25) is 0 Å². The number of hydrogen-bond donors (Lipinski definition) is 3. The molecule has 0 fully saturated rings. The first-order chi connectivity index (χ1) is 11.8. The first-order valence-electron chi connectivity index (χ1n) is 7.56. The predicted molar refractivity (Wildman–Crippen MR) is 96.5 cm³/mol. The Bertz CT molecular complexity index is 808. The molecular weight excluding hydrogens is 302 g/mol. The molecule has 0 aliphatic rings. The zero-order valence-corrected chi connectivity index (χ0v) is 13.4. The summed E-state index contributed by atoms with van der Waals surface area (Å²) in [5, 5.41) is 6.43. The van der Waals surface area contributed by atoms with Gasteiger partial charge in [0.15, 0.2) is 11.6 Å². The van der Waals surface area contributed by atoms with Crippen LogP contribution in [-0.4, -0.2) is 17.1 Å². The van der Waals surface area contributed by atoms with Crippen molar-refractivity contribution in [2.24, 2.45) is 0 Å². The first kappa shape index (κ1) is 15.6. The van der Waals surface area contributed by atoms with Gasteiger partial charge in [-0.3, -0.25) is 0 Å².